The molecule has 0 saturated heterocycles. The van der Waals surface area contributed by atoms with Crippen LogP contribution in [0.2, 0.25) is 0 Å². The lowest BCUT2D eigenvalue weighted by Crippen LogP contribution is -2.27. The van der Waals surface area contributed by atoms with Gasteiger partial charge in [-0.3, -0.25) is 4.79 Å². The Morgan fingerprint density at radius 3 is 2.86 bits per heavy atom. The van der Waals surface area contributed by atoms with Crippen molar-refractivity contribution < 1.29 is 9.53 Å². The first-order valence-electron chi connectivity index (χ1n) is 7.74. The summed E-state index contributed by atoms with van der Waals surface area (Å²) in [5.41, 5.74) is 4.09. The third kappa shape index (κ3) is 4.13. The van der Waals surface area contributed by atoms with Crippen molar-refractivity contribution in [1.29, 1.82) is 0 Å². The Morgan fingerprint density at radius 2 is 2.23 bits per heavy atom. The molecule has 4 heteroatoms. The number of ether oxygens (including phenoxy) is 1. The summed E-state index contributed by atoms with van der Waals surface area (Å²) in [4.78, 5) is 15.0. The lowest BCUT2D eigenvalue weighted by molar-refractivity contribution is -0.127. The molecule has 1 aliphatic carbocycles. The monoisotopic (exact) mass is 319 g/mol. The van der Waals surface area contributed by atoms with E-state index in [2.05, 4.69) is 33.1 Å². The normalized spacial score (nSPS) is 18.3. The molecule has 120 valence electrons. The van der Waals surface area contributed by atoms with E-state index in [4.69, 9.17) is 9.72 Å². The summed E-state index contributed by atoms with van der Waals surface area (Å²) in [5, 5.41) is 1.05. The second-order valence-corrected chi connectivity index (χ2v) is 7.63. The highest BCUT2D eigenvalue weighted by Crippen LogP contribution is 2.38. The zero-order valence-electron chi connectivity index (χ0n) is 13.9. The van der Waals surface area contributed by atoms with Crippen molar-refractivity contribution in [2.75, 3.05) is 12.9 Å². The van der Waals surface area contributed by atoms with E-state index in [1.807, 2.05) is 12.2 Å². The van der Waals surface area contributed by atoms with E-state index in [0.717, 1.165) is 23.4 Å². The molecule has 3 nitrogen and oxygen atoms in total. The van der Waals surface area contributed by atoms with Gasteiger partial charge in [-0.15, -0.1) is 11.8 Å². The van der Waals surface area contributed by atoms with E-state index in [-0.39, 0.29) is 0 Å². The number of nitrogens with zero attached hydrogens (tertiary/aromatic N) is 1. The number of rotatable bonds is 5. The molecule has 0 saturated carbocycles. The first-order chi connectivity index (χ1) is 10.5. The molecule has 1 aliphatic rings. The molecule has 1 unspecified atom stereocenters. The molecule has 0 aromatic carbocycles. The SMILES string of the molecule is CSc1nc2c(cc1/C=C/COC=O)CC(C(C)(C)C)CC2. The summed E-state index contributed by atoms with van der Waals surface area (Å²) in [6.07, 6.45) is 9.31. The van der Waals surface area contributed by atoms with Crippen molar-refractivity contribution in [3.63, 3.8) is 0 Å². The maximum absolute atomic E-state index is 10.2. The van der Waals surface area contributed by atoms with Crippen molar-refractivity contribution in [3.05, 3.63) is 29.0 Å². The fraction of sp³-hybridized carbons (Fsp3) is 0.556. The van der Waals surface area contributed by atoms with Crippen LogP contribution in [-0.2, 0) is 22.4 Å². The quantitative estimate of drug-likeness (QED) is 0.464. The molecule has 22 heavy (non-hydrogen) atoms. The number of aryl methyl sites for hydroxylation is 1. The van der Waals surface area contributed by atoms with Crippen LogP contribution in [0.1, 0.15) is 44.0 Å². The Bertz CT molecular complexity index is 561. The summed E-state index contributed by atoms with van der Waals surface area (Å²) < 4.78 is 4.71. The van der Waals surface area contributed by atoms with Crippen LogP contribution in [0.5, 0.6) is 0 Å². The van der Waals surface area contributed by atoms with E-state index >= 15 is 0 Å². The largest absolute Gasteiger partial charge is 0.464 e. The van der Waals surface area contributed by atoms with Crippen LogP contribution in [0, 0.1) is 11.3 Å². The Labute approximate surface area is 137 Å². The lowest BCUT2D eigenvalue weighted by Gasteiger charge is -2.34. The molecule has 0 fully saturated rings. The van der Waals surface area contributed by atoms with Crippen molar-refractivity contribution in [2.24, 2.45) is 11.3 Å². The van der Waals surface area contributed by atoms with E-state index in [9.17, 15) is 4.79 Å². The number of carbonyl (C=O) groups is 1. The highest BCUT2D eigenvalue weighted by molar-refractivity contribution is 7.98. The van der Waals surface area contributed by atoms with E-state index in [0.29, 0.717) is 24.4 Å². The summed E-state index contributed by atoms with van der Waals surface area (Å²) in [6, 6.07) is 2.27. The summed E-state index contributed by atoms with van der Waals surface area (Å²) in [6.45, 7) is 7.75. The highest BCUT2D eigenvalue weighted by atomic mass is 32.2. The van der Waals surface area contributed by atoms with Crippen LogP contribution in [-0.4, -0.2) is 24.3 Å². The summed E-state index contributed by atoms with van der Waals surface area (Å²) in [5.74, 6) is 0.706. The smallest absolute Gasteiger partial charge is 0.293 e. The average Bonchev–Trinajstić information content (AvgIpc) is 2.49. The zero-order valence-corrected chi connectivity index (χ0v) is 14.7. The number of hydrogen-bond donors (Lipinski definition) is 0. The molecule has 0 amide bonds. The Kier molecular flexibility index (Phi) is 5.68. The van der Waals surface area contributed by atoms with Gasteiger partial charge in [0.25, 0.3) is 6.47 Å². The van der Waals surface area contributed by atoms with Gasteiger partial charge >= 0.3 is 0 Å². The van der Waals surface area contributed by atoms with Gasteiger partial charge in [0.2, 0.25) is 0 Å². The topological polar surface area (TPSA) is 39.2 Å². The van der Waals surface area contributed by atoms with Crippen molar-refractivity contribution >= 4 is 24.3 Å². The predicted molar refractivity (Wildman–Crippen MR) is 92.0 cm³/mol. The van der Waals surface area contributed by atoms with Crippen LogP contribution in [0.4, 0.5) is 0 Å². The fourth-order valence-corrected chi connectivity index (χ4v) is 3.52. The van der Waals surface area contributed by atoms with Crippen molar-refractivity contribution in [1.82, 2.24) is 4.98 Å². The maximum atomic E-state index is 10.2. The minimum Gasteiger partial charge on any atom is -0.464 e. The van der Waals surface area contributed by atoms with Gasteiger partial charge in [-0.05, 0) is 54.6 Å². The number of aromatic nitrogens is 1. The van der Waals surface area contributed by atoms with Crippen LogP contribution < -0.4 is 0 Å². The molecule has 0 spiro atoms. The Morgan fingerprint density at radius 1 is 1.45 bits per heavy atom. The van der Waals surface area contributed by atoms with Gasteiger partial charge in [-0.25, -0.2) is 4.98 Å². The fourth-order valence-electron chi connectivity index (χ4n) is 2.96. The first-order valence-corrected chi connectivity index (χ1v) is 8.96. The van der Waals surface area contributed by atoms with E-state index in [1.165, 1.54) is 17.7 Å². The van der Waals surface area contributed by atoms with Crippen LogP contribution >= 0.6 is 11.8 Å². The number of thioether (sulfide) groups is 1. The molecule has 2 rings (SSSR count). The summed E-state index contributed by atoms with van der Waals surface area (Å²) >= 11 is 1.67. The third-order valence-electron chi connectivity index (χ3n) is 4.36. The summed E-state index contributed by atoms with van der Waals surface area (Å²) in [7, 11) is 0. The minimum absolute atomic E-state index is 0.305. The number of pyridine rings is 1. The van der Waals surface area contributed by atoms with Crippen LogP contribution in [0.25, 0.3) is 6.08 Å². The Balaban J connectivity index is 2.25. The van der Waals surface area contributed by atoms with Gasteiger partial charge < -0.3 is 4.74 Å². The number of carbonyl (C=O) groups excluding carboxylic acids is 1. The molecule has 1 aromatic rings. The molecule has 0 radical (unpaired) electrons. The lowest BCUT2D eigenvalue weighted by atomic mass is 9.71. The van der Waals surface area contributed by atoms with Crippen molar-refractivity contribution in [2.45, 2.75) is 45.1 Å². The maximum Gasteiger partial charge on any atom is 0.293 e. The predicted octanol–water partition coefficient (Wildman–Crippen LogP) is 4.14. The zero-order chi connectivity index (χ0) is 16.2. The van der Waals surface area contributed by atoms with Gasteiger partial charge in [0.05, 0.1) is 0 Å². The van der Waals surface area contributed by atoms with Gasteiger partial charge in [-0.1, -0.05) is 26.8 Å². The van der Waals surface area contributed by atoms with E-state index < -0.39 is 0 Å². The first kappa shape index (κ1) is 17.1. The molecule has 1 atom stereocenters. The number of hydrogen-bond acceptors (Lipinski definition) is 4. The minimum atomic E-state index is 0.305. The van der Waals surface area contributed by atoms with Crippen LogP contribution in [0.15, 0.2) is 17.2 Å². The molecule has 0 N–H and O–H groups in total. The van der Waals surface area contributed by atoms with Crippen molar-refractivity contribution in [3.8, 4) is 0 Å². The van der Waals surface area contributed by atoms with Gasteiger partial charge in [0, 0.05) is 11.3 Å². The van der Waals surface area contributed by atoms with Gasteiger partial charge in [-0.2, -0.15) is 0 Å². The highest BCUT2D eigenvalue weighted by Gasteiger charge is 2.29. The molecule has 1 aromatic heterocycles. The Hall–Kier alpha value is -1.29. The third-order valence-corrected chi connectivity index (χ3v) is 5.07. The average molecular weight is 319 g/mol. The molecule has 0 aliphatic heterocycles. The van der Waals surface area contributed by atoms with Crippen LogP contribution in [0.3, 0.4) is 0 Å². The molecular formula is C18H25NO2S. The second kappa shape index (κ2) is 7.32. The molecular weight excluding hydrogens is 294 g/mol. The standard InChI is InChI=1S/C18H25NO2S/c1-18(2,3)15-7-8-16-14(11-15)10-13(17(19-16)22-4)6-5-9-21-12-20/h5-6,10,12,15H,7-9,11H2,1-4H3/b6-5+. The molecule has 1 heterocycles. The second-order valence-electron chi connectivity index (χ2n) is 6.83. The number of fused-ring (bicyclic) bond motifs is 1. The van der Waals surface area contributed by atoms with Gasteiger partial charge in [0.1, 0.15) is 11.6 Å². The molecule has 0 bridgehead atoms. The van der Waals surface area contributed by atoms with Gasteiger partial charge in [0.15, 0.2) is 0 Å². The van der Waals surface area contributed by atoms with E-state index in [1.54, 1.807) is 11.8 Å².